The van der Waals surface area contributed by atoms with Crippen molar-refractivity contribution in [2.75, 3.05) is 5.75 Å². The molecule has 0 aliphatic heterocycles. The van der Waals surface area contributed by atoms with E-state index >= 15 is 0 Å². The molecule has 1 aromatic carbocycles. The van der Waals surface area contributed by atoms with Crippen LogP contribution in [0.15, 0.2) is 40.2 Å². The number of thioether (sulfide) groups is 1. The van der Waals surface area contributed by atoms with Crippen molar-refractivity contribution in [1.29, 1.82) is 0 Å². The summed E-state index contributed by atoms with van der Waals surface area (Å²) in [7, 11) is 0. The topological polar surface area (TPSA) is 29.1 Å². The van der Waals surface area contributed by atoms with E-state index in [9.17, 15) is 4.79 Å². The van der Waals surface area contributed by atoms with Gasteiger partial charge in [0.25, 0.3) is 0 Å². The van der Waals surface area contributed by atoms with Gasteiger partial charge in [0.05, 0.1) is 16.1 Å². The van der Waals surface area contributed by atoms with Crippen LogP contribution in [0.5, 0.6) is 0 Å². The van der Waals surface area contributed by atoms with E-state index < -0.39 is 0 Å². The quantitative estimate of drug-likeness (QED) is 0.773. The van der Waals surface area contributed by atoms with Crippen LogP contribution in [0.1, 0.15) is 10.4 Å². The zero-order chi connectivity index (χ0) is 14.4. The standard InChI is InChI=1S/C14H13BrClNOS2/c15-13-5-4-12(20-13)7-17-14(18)9-19-8-10-2-1-3-11(16)6-10/h1-6H,7-9H2,(H,17,18). The van der Waals surface area contributed by atoms with Gasteiger partial charge in [0.2, 0.25) is 5.91 Å². The number of carbonyl (C=O) groups is 1. The zero-order valence-corrected chi connectivity index (χ0v) is 14.5. The predicted octanol–water partition coefficient (Wildman–Crippen LogP) is 4.71. The third kappa shape index (κ3) is 5.48. The van der Waals surface area contributed by atoms with Crippen LogP contribution in [0.4, 0.5) is 0 Å². The van der Waals surface area contributed by atoms with Gasteiger partial charge in [-0.15, -0.1) is 23.1 Å². The zero-order valence-electron chi connectivity index (χ0n) is 10.6. The van der Waals surface area contributed by atoms with Gasteiger partial charge in [-0.05, 0) is 45.8 Å². The Kier molecular flexibility index (Phi) is 6.42. The fourth-order valence-corrected chi connectivity index (χ4v) is 4.01. The first-order chi connectivity index (χ1) is 9.63. The Morgan fingerprint density at radius 1 is 1.35 bits per heavy atom. The van der Waals surface area contributed by atoms with Gasteiger partial charge in [-0.1, -0.05) is 23.7 Å². The Morgan fingerprint density at radius 3 is 2.90 bits per heavy atom. The number of rotatable bonds is 6. The number of benzene rings is 1. The van der Waals surface area contributed by atoms with Crippen LogP contribution in [-0.4, -0.2) is 11.7 Å². The van der Waals surface area contributed by atoms with Crippen molar-refractivity contribution in [2.24, 2.45) is 0 Å². The van der Waals surface area contributed by atoms with Crippen LogP contribution in [0.3, 0.4) is 0 Å². The van der Waals surface area contributed by atoms with Gasteiger partial charge in [0, 0.05) is 15.7 Å². The van der Waals surface area contributed by atoms with E-state index in [1.807, 2.05) is 36.4 Å². The summed E-state index contributed by atoms with van der Waals surface area (Å²) in [5.74, 6) is 1.30. The summed E-state index contributed by atoms with van der Waals surface area (Å²) in [4.78, 5) is 12.9. The highest BCUT2D eigenvalue weighted by Crippen LogP contribution is 2.21. The highest BCUT2D eigenvalue weighted by atomic mass is 79.9. The molecule has 2 nitrogen and oxygen atoms in total. The molecule has 20 heavy (non-hydrogen) atoms. The van der Waals surface area contributed by atoms with Crippen molar-refractivity contribution in [2.45, 2.75) is 12.3 Å². The molecule has 0 aliphatic carbocycles. The van der Waals surface area contributed by atoms with Crippen LogP contribution < -0.4 is 5.32 Å². The summed E-state index contributed by atoms with van der Waals surface area (Å²) in [6.45, 7) is 0.590. The van der Waals surface area contributed by atoms with Crippen LogP contribution >= 0.6 is 50.6 Å². The van der Waals surface area contributed by atoms with Crippen molar-refractivity contribution < 1.29 is 4.79 Å². The first kappa shape index (κ1) is 15.9. The molecule has 106 valence electrons. The lowest BCUT2D eigenvalue weighted by Gasteiger charge is -2.04. The van der Waals surface area contributed by atoms with Crippen LogP contribution in [0.25, 0.3) is 0 Å². The Morgan fingerprint density at radius 2 is 2.20 bits per heavy atom. The summed E-state index contributed by atoms with van der Waals surface area (Å²) in [6.07, 6.45) is 0. The molecule has 1 amide bonds. The monoisotopic (exact) mass is 389 g/mol. The highest BCUT2D eigenvalue weighted by Gasteiger charge is 2.04. The highest BCUT2D eigenvalue weighted by molar-refractivity contribution is 9.11. The molecule has 0 aliphatic rings. The molecular weight excluding hydrogens is 378 g/mol. The summed E-state index contributed by atoms with van der Waals surface area (Å²) in [5.41, 5.74) is 1.14. The number of hydrogen-bond donors (Lipinski definition) is 1. The maximum atomic E-state index is 11.7. The van der Waals surface area contributed by atoms with Crippen molar-refractivity contribution in [3.8, 4) is 0 Å². The summed E-state index contributed by atoms with van der Waals surface area (Å²) >= 11 is 12.5. The van der Waals surface area contributed by atoms with Gasteiger partial charge < -0.3 is 5.32 Å². The number of halogens is 2. The van der Waals surface area contributed by atoms with E-state index in [1.165, 1.54) is 0 Å². The predicted molar refractivity (Wildman–Crippen MR) is 91.5 cm³/mol. The van der Waals surface area contributed by atoms with Gasteiger partial charge in [-0.3, -0.25) is 4.79 Å². The molecule has 0 atom stereocenters. The van der Waals surface area contributed by atoms with E-state index in [2.05, 4.69) is 21.2 Å². The van der Waals surface area contributed by atoms with E-state index in [0.29, 0.717) is 12.3 Å². The van der Waals surface area contributed by atoms with Crippen LogP contribution in [0.2, 0.25) is 5.02 Å². The molecule has 6 heteroatoms. The lowest BCUT2D eigenvalue weighted by atomic mass is 10.2. The lowest BCUT2D eigenvalue weighted by molar-refractivity contribution is -0.118. The minimum absolute atomic E-state index is 0.0570. The minimum atomic E-state index is 0.0570. The summed E-state index contributed by atoms with van der Waals surface area (Å²) < 4.78 is 1.08. The van der Waals surface area contributed by atoms with Gasteiger partial charge in [0.15, 0.2) is 0 Å². The first-order valence-electron chi connectivity index (χ1n) is 5.96. The van der Waals surface area contributed by atoms with Crippen molar-refractivity contribution in [1.82, 2.24) is 5.32 Å². The molecule has 0 saturated carbocycles. The number of thiophene rings is 1. The number of hydrogen-bond acceptors (Lipinski definition) is 3. The molecule has 0 spiro atoms. The fraction of sp³-hybridized carbons (Fsp3) is 0.214. The Hall–Kier alpha value is -0.490. The number of amides is 1. The van der Waals surface area contributed by atoms with Gasteiger partial charge in [-0.25, -0.2) is 0 Å². The van der Waals surface area contributed by atoms with Crippen LogP contribution in [-0.2, 0) is 17.1 Å². The van der Waals surface area contributed by atoms with E-state index in [1.54, 1.807) is 23.1 Å². The largest absolute Gasteiger partial charge is 0.350 e. The average Bonchev–Trinajstić information content (AvgIpc) is 2.82. The summed E-state index contributed by atoms with van der Waals surface area (Å²) in [6, 6.07) is 11.7. The second kappa shape index (κ2) is 8.08. The van der Waals surface area contributed by atoms with Crippen molar-refractivity contribution >= 4 is 56.5 Å². The molecule has 1 N–H and O–H groups in total. The smallest absolute Gasteiger partial charge is 0.230 e. The average molecular weight is 391 g/mol. The number of carbonyl (C=O) groups excluding carboxylic acids is 1. The molecule has 0 radical (unpaired) electrons. The van der Waals surface area contributed by atoms with Crippen molar-refractivity contribution in [3.63, 3.8) is 0 Å². The molecule has 0 saturated heterocycles. The molecule has 1 heterocycles. The van der Waals surface area contributed by atoms with Gasteiger partial charge in [0.1, 0.15) is 0 Å². The minimum Gasteiger partial charge on any atom is -0.350 e. The van der Waals surface area contributed by atoms with E-state index in [4.69, 9.17) is 11.6 Å². The molecule has 0 bridgehead atoms. The van der Waals surface area contributed by atoms with E-state index in [-0.39, 0.29) is 5.91 Å². The van der Waals surface area contributed by atoms with Crippen molar-refractivity contribution in [3.05, 3.63) is 55.6 Å². The maximum Gasteiger partial charge on any atom is 0.230 e. The lowest BCUT2D eigenvalue weighted by Crippen LogP contribution is -2.24. The molecule has 0 unspecified atom stereocenters. The molecular formula is C14H13BrClNOS2. The van der Waals surface area contributed by atoms with Gasteiger partial charge >= 0.3 is 0 Å². The molecule has 0 fully saturated rings. The second-order valence-corrected chi connectivity index (χ2v) is 8.07. The van der Waals surface area contributed by atoms with Crippen LogP contribution in [0, 0.1) is 0 Å². The summed E-state index contributed by atoms with van der Waals surface area (Å²) in [5, 5.41) is 3.65. The maximum absolute atomic E-state index is 11.7. The number of nitrogens with one attached hydrogen (secondary N) is 1. The first-order valence-corrected chi connectivity index (χ1v) is 9.11. The second-order valence-electron chi connectivity index (χ2n) is 4.11. The third-order valence-corrected chi connectivity index (χ3v) is 5.34. The molecule has 2 rings (SSSR count). The molecule has 1 aromatic heterocycles. The Balaban J connectivity index is 1.67. The fourth-order valence-electron chi connectivity index (χ4n) is 1.57. The normalized spacial score (nSPS) is 10.5. The van der Waals surface area contributed by atoms with Gasteiger partial charge in [-0.2, -0.15) is 0 Å². The SMILES string of the molecule is O=C(CSCc1cccc(Cl)c1)NCc1ccc(Br)s1. The Bertz CT molecular complexity index is 588. The third-order valence-electron chi connectivity index (χ3n) is 2.48. The molecule has 2 aromatic rings. The van der Waals surface area contributed by atoms with E-state index in [0.717, 1.165) is 25.0 Å². The Labute approximate surface area is 140 Å².